The number of phosphoric ester groups is 2. The van der Waals surface area contributed by atoms with E-state index in [9.17, 15) is 43.5 Å². The van der Waals surface area contributed by atoms with Gasteiger partial charge in [0.25, 0.3) is 0 Å². The normalized spacial score (nSPS) is 14.4. The van der Waals surface area contributed by atoms with Crippen molar-refractivity contribution in [1.82, 2.24) is 0 Å². The molecule has 0 fully saturated rings. The molecule has 0 aromatic heterocycles. The lowest BCUT2D eigenvalue weighted by Crippen LogP contribution is -2.30. The van der Waals surface area contributed by atoms with Gasteiger partial charge in [-0.15, -0.1) is 0 Å². The number of rotatable bonds is 88. The zero-order valence-electron chi connectivity index (χ0n) is 73.2. The lowest BCUT2D eigenvalue weighted by atomic mass is 10.0. The monoisotopic (exact) mass is 1650 g/mol. The summed E-state index contributed by atoms with van der Waals surface area (Å²) in [6, 6.07) is 0. The van der Waals surface area contributed by atoms with Gasteiger partial charge in [-0.05, 0) is 135 Å². The smallest absolute Gasteiger partial charge is 0.463 e. The lowest BCUT2D eigenvalue weighted by Gasteiger charge is -2.21. The van der Waals surface area contributed by atoms with Crippen molar-refractivity contribution in [1.29, 1.82) is 0 Å². The van der Waals surface area contributed by atoms with Crippen LogP contribution in [0.2, 0.25) is 0 Å². The van der Waals surface area contributed by atoms with Crippen molar-refractivity contribution < 1.29 is 75.8 Å². The number of esters is 3. The molecule has 0 aliphatic carbocycles. The Kier molecular flexibility index (Phi) is 85.6. The van der Waals surface area contributed by atoms with Crippen LogP contribution in [0.15, 0.2) is 134 Å². The van der Waals surface area contributed by atoms with Crippen LogP contribution in [-0.4, -0.2) is 95.9 Å². The summed E-state index contributed by atoms with van der Waals surface area (Å²) >= 11 is 0. The Balaban J connectivity index is 4.37. The van der Waals surface area contributed by atoms with Crippen molar-refractivity contribution in [2.45, 2.75) is 424 Å². The van der Waals surface area contributed by atoms with Crippen LogP contribution in [0, 0.1) is 0 Å². The van der Waals surface area contributed by atoms with E-state index in [-0.39, 0.29) is 19.3 Å². The standard InChI is InChI=1S/C97H170O16P2/c1-4-7-10-13-16-19-22-25-27-29-31-33-35-37-39-41-43-45-47-49-51-53-55-57-59-61-63-66-68-71-74-77-80-83-95(100)107-86-92(98)87-109-114(103,104)110-88-93(99)89-111-115(105,106)112-91-94(113-97(102)85-82-79-76-73-70-65-24-21-18-15-12-9-6-3)90-108-96(101)84-81-78-75-72-69-67-64-62-60-58-56-54-52-50-48-46-44-42-40-38-36-34-32-30-28-26-23-20-17-14-11-8-5-2/h7-8,10-11,16-17,19-21,24-28,31-34,37-40,92-94,98-99H,4-6,9,12-15,18,22-23,29-30,35-36,41-91H2,1-3H3,(H,103,104)(H,105,106)/b10-7-,11-8-,19-16-,20-17-,24-21-,27-25-,28-26-,33-31-,34-32-,39-37-,40-38-. The third kappa shape index (κ3) is 90.3. The van der Waals surface area contributed by atoms with E-state index in [0.29, 0.717) is 19.3 Å². The molecule has 0 aliphatic rings. The number of aliphatic hydroxyl groups is 2. The van der Waals surface area contributed by atoms with Gasteiger partial charge in [-0.2, -0.15) is 0 Å². The molecular weight excluding hydrogens is 1480 g/mol. The minimum Gasteiger partial charge on any atom is -0.463 e. The zero-order chi connectivity index (χ0) is 83.6. The summed E-state index contributed by atoms with van der Waals surface area (Å²) in [6.07, 6.45) is 111. The van der Waals surface area contributed by atoms with Crippen LogP contribution >= 0.6 is 15.6 Å². The molecule has 0 bridgehead atoms. The average Bonchev–Trinajstić information content (AvgIpc) is 0.901. The van der Waals surface area contributed by atoms with E-state index in [0.717, 1.165) is 141 Å². The third-order valence-corrected chi connectivity index (χ3v) is 21.7. The molecule has 18 heteroatoms. The number of hydrogen-bond donors (Lipinski definition) is 4. The fourth-order valence-corrected chi connectivity index (χ4v) is 14.4. The Labute approximate surface area is 703 Å². The van der Waals surface area contributed by atoms with Crippen LogP contribution in [-0.2, 0) is 55.8 Å². The molecular formula is C97H170O16P2. The molecule has 0 rings (SSSR count). The topological polar surface area (TPSA) is 231 Å². The molecule has 0 aromatic carbocycles. The van der Waals surface area contributed by atoms with E-state index < -0.39 is 91.5 Å². The van der Waals surface area contributed by atoms with E-state index in [4.69, 9.17) is 32.3 Å². The highest BCUT2D eigenvalue weighted by Crippen LogP contribution is 2.45. The van der Waals surface area contributed by atoms with E-state index in [2.05, 4.69) is 154 Å². The van der Waals surface area contributed by atoms with Gasteiger partial charge >= 0.3 is 33.6 Å². The largest absolute Gasteiger partial charge is 0.472 e. The Bertz CT molecular complexity index is 2620. The number of hydrogen-bond acceptors (Lipinski definition) is 14. The fourth-order valence-electron chi connectivity index (χ4n) is 12.9. The van der Waals surface area contributed by atoms with E-state index in [1.807, 2.05) is 0 Å². The molecule has 5 atom stereocenters. The number of unbranched alkanes of at least 4 members (excludes halogenated alkanes) is 43. The van der Waals surface area contributed by atoms with Crippen LogP contribution in [0.4, 0.5) is 0 Å². The molecule has 115 heavy (non-hydrogen) atoms. The Morgan fingerprint density at radius 3 is 0.739 bits per heavy atom. The molecule has 0 radical (unpaired) electrons. The quantitative estimate of drug-likeness (QED) is 0.0146. The molecule has 664 valence electrons. The fraction of sp³-hybridized carbons (Fsp3) is 0.742. The summed E-state index contributed by atoms with van der Waals surface area (Å²) in [5.74, 6) is -1.57. The number of allylic oxidation sites excluding steroid dienone is 22. The molecule has 0 aromatic rings. The number of ether oxygens (including phenoxy) is 3. The van der Waals surface area contributed by atoms with Crippen LogP contribution in [0.3, 0.4) is 0 Å². The van der Waals surface area contributed by atoms with E-state index >= 15 is 0 Å². The Morgan fingerprint density at radius 2 is 0.461 bits per heavy atom. The summed E-state index contributed by atoms with van der Waals surface area (Å²) in [7, 11) is -9.79. The maximum Gasteiger partial charge on any atom is 0.472 e. The lowest BCUT2D eigenvalue weighted by molar-refractivity contribution is -0.161. The molecule has 0 saturated heterocycles. The first kappa shape index (κ1) is 111. The summed E-state index contributed by atoms with van der Waals surface area (Å²) in [4.78, 5) is 58.9. The zero-order valence-corrected chi connectivity index (χ0v) is 75.0. The molecule has 0 saturated carbocycles. The highest BCUT2D eigenvalue weighted by molar-refractivity contribution is 7.47. The molecule has 0 aliphatic heterocycles. The van der Waals surface area contributed by atoms with E-state index in [1.165, 1.54) is 205 Å². The maximum atomic E-state index is 13.0. The van der Waals surface area contributed by atoms with Crippen molar-refractivity contribution in [3.63, 3.8) is 0 Å². The Morgan fingerprint density at radius 1 is 0.252 bits per heavy atom. The van der Waals surface area contributed by atoms with Crippen LogP contribution in [0.25, 0.3) is 0 Å². The number of carbonyl (C=O) groups excluding carboxylic acids is 3. The molecule has 5 unspecified atom stereocenters. The molecule has 4 N–H and O–H groups in total. The first-order chi connectivity index (χ1) is 56.2. The minimum atomic E-state index is -4.93. The first-order valence-electron chi connectivity index (χ1n) is 46.5. The van der Waals surface area contributed by atoms with Gasteiger partial charge in [0.15, 0.2) is 6.10 Å². The summed E-state index contributed by atoms with van der Waals surface area (Å²) in [5, 5.41) is 20.7. The first-order valence-corrected chi connectivity index (χ1v) is 49.5. The second-order valence-corrected chi connectivity index (χ2v) is 34.0. The SMILES string of the molecule is CC/C=C\C/C=C\C/C=C\C/C=C\C/C=C\CCCCCCCCCCCCCCCCCCCC(=O)OCC(O)COP(=O)(O)OCC(O)COP(=O)(O)OCC(COC(=O)CCCCCCCCCCCCCCCCCCC/C=C\C/C=C\C/C=C\C/C=C\C/C=C\CC)OC(=O)CCCCCCC/C=C\CCCCCC. The summed E-state index contributed by atoms with van der Waals surface area (Å²) in [6.45, 7) is 2.49. The van der Waals surface area contributed by atoms with Crippen molar-refractivity contribution in [3.8, 4) is 0 Å². The number of carbonyl (C=O) groups is 3. The molecule has 0 spiro atoms. The number of phosphoric acid groups is 2. The van der Waals surface area contributed by atoms with Gasteiger partial charge in [0.05, 0.1) is 26.4 Å². The third-order valence-electron chi connectivity index (χ3n) is 19.8. The van der Waals surface area contributed by atoms with Crippen LogP contribution < -0.4 is 0 Å². The van der Waals surface area contributed by atoms with Gasteiger partial charge in [-0.1, -0.05) is 386 Å². The van der Waals surface area contributed by atoms with Gasteiger partial charge in [-0.3, -0.25) is 32.5 Å². The van der Waals surface area contributed by atoms with Gasteiger partial charge in [0, 0.05) is 19.3 Å². The highest BCUT2D eigenvalue weighted by Gasteiger charge is 2.29. The molecule has 0 amide bonds. The van der Waals surface area contributed by atoms with Gasteiger partial charge in [-0.25, -0.2) is 9.13 Å². The highest BCUT2D eigenvalue weighted by atomic mass is 31.2. The second kappa shape index (κ2) is 89.0. The minimum absolute atomic E-state index is 0.0960. The van der Waals surface area contributed by atoms with Gasteiger partial charge in [0.1, 0.15) is 25.4 Å². The van der Waals surface area contributed by atoms with Crippen LogP contribution in [0.5, 0.6) is 0 Å². The predicted octanol–water partition coefficient (Wildman–Crippen LogP) is 28.6. The Hall–Kier alpha value is -4.31. The van der Waals surface area contributed by atoms with Crippen molar-refractivity contribution in [3.05, 3.63) is 134 Å². The predicted molar refractivity (Wildman–Crippen MR) is 482 cm³/mol. The molecule has 16 nitrogen and oxygen atoms in total. The summed E-state index contributed by atoms with van der Waals surface area (Å²) in [5.41, 5.74) is 0. The van der Waals surface area contributed by atoms with Crippen molar-refractivity contribution >= 4 is 33.6 Å². The maximum absolute atomic E-state index is 13.0. The van der Waals surface area contributed by atoms with Crippen molar-refractivity contribution in [2.75, 3.05) is 39.6 Å². The van der Waals surface area contributed by atoms with Gasteiger partial charge in [0.2, 0.25) is 0 Å². The van der Waals surface area contributed by atoms with Crippen molar-refractivity contribution in [2.24, 2.45) is 0 Å². The van der Waals surface area contributed by atoms with Gasteiger partial charge < -0.3 is 34.2 Å². The summed E-state index contributed by atoms with van der Waals surface area (Å²) < 4.78 is 61.4. The van der Waals surface area contributed by atoms with E-state index in [1.54, 1.807) is 0 Å². The second-order valence-electron chi connectivity index (χ2n) is 31.0. The average molecular weight is 1650 g/mol. The number of aliphatic hydroxyl groups excluding tert-OH is 2. The molecule has 0 heterocycles. The van der Waals surface area contributed by atoms with Crippen LogP contribution in [0.1, 0.15) is 406 Å².